The molecule has 6 nitrogen and oxygen atoms in total. The van der Waals surface area contributed by atoms with Crippen LogP contribution in [-0.4, -0.2) is 49.4 Å². The van der Waals surface area contributed by atoms with Gasteiger partial charge in [-0.25, -0.2) is 9.97 Å². The Kier molecular flexibility index (Phi) is 4.02. The summed E-state index contributed by atoms with van der Waals surface area (Å²) in [6, 6.07) is 4.67. The first-order chi connectivity index (χ1) is 10.6. The number of ether oxygens (including phenoxy) is 2. The molecule has 118 valence electrons. The van der Waals surface area contributed by atoms with Crippen molar-refractivity contribution in [3.05, 3.63) is 18.5 Å². The largest absolute Gasteiger partial charge is 0.493 e. The lowest BCUT2D eigenvalue weighted by Crippen LogP contribution is -2.54. The fourth-order valence-electron chi connectivity index (χ4n) is 2.92. The lowest BCUT2D eigenvalue weighted by molar-refractivity contribution is 0.355. The summed E-state index contributed by atoms with van der Waals surface area (Å²) in [6.45, 7) is 6.25. The van der Waals surface area contributed by atoms with Crippen LogP contribution in [0.25, 0.3) is 10.9 Å². The summed E-state index contributed by atoms with van der Waals surface area (Å²) in [6.07, 6.45) is 1.61. The number of rotatable bonds is 3. The molecule has 0 amide bonds. The lowest BCUT2D eigenvalue weighted by atomic mass is 10.1. The molecule has 1 fully saturated rings. The van der Waals surface area contributed by atoms with Crippen LogP contribution in [0.1, 0.15) is 13.8 Å². The van der Waals surface area contributed by atoms with E-state index < -0.39 is 0 Å². The first kappa shape index (κ1) is 14.8. The van der Waals surface area contributed by atoms with Crippen molar-refractivity contribution in [3.8, 4) is 11.5 Å². The first-order valence-electron chi connectivity index (χ1n) is 7.50. The van der Waals surface area contributed by atoms with Gasteiger partial charge in [-0.2, -0.15) is 0 Å². The number of hydrogen-bond donors (Lipinski definition) is 1. The van der Waals surface area contributed by atoms with Gasteiger partial charge >= 0.3 is 0 Å². The minimum Gasteiger partial charge on any atom is -0.493 e. The smallest absolute Gasteiger partial charge is 0.162 e. The average molecular weight is 302 g/mol. The van der Waals surface area contributed by atoms with E-state index in [0.717, 1.165) is 29.8 Å². The van der Waals surface area contributed by atoms with Gasteiger partial charge in [-0.05, 0) is 19.9 Å². The van der Waals surface area contributed by atoms with Crippen LogP contribution < -0.4 is 19.7 Å². The predicted molar refractivity (Wildman–Crippen MR) is 86.9 cm³/mol. The number of hydrogen-bond acceptors (Lipinski definition) is 6. The maximum atomic E-state index is 5.42. The first-order valence-corrected chi connectivity index (χ1v) is 7.50. The maximum absolute atomic E-state index is 5.42. The van der Waals surface area contributed by atoms with E-state index in [0.29, 0.717) is 23.6 Å². The fourth-order valence-corrected chi connectivity index (χ4v) is 2.92. The number of benzene rings is 1. The van der Waals surface area contributed by atoms with Gasteiger partial charge in [0.1, 0.15) is 12.1 Å². The Morgan fingerprint density at radius 2 is 1.86 bits per heavy atom. The summed E-state index contributed by atoms with van der Waals surface area (Å²) in [5.74, 6) is 2.33. The van der Waals surface area contributed by atoms with E-state index in [1.807, 2.05) is 12.1 Å². The fraction of sp³-hybridized carbons (Fsp3) is 0.500. The number of methoxy groups -OCH3 is 2. The lowest BCUT2D eigenvalue weighted by Gasteiger charge is -2.38. The van der Waals surface area contributed by atoms with Crippen LogP contribution in [0.5, 0.6) is 11.5 Å². The number of aromatic nitrogens is 2. The Morgan fingerprint density at radius 3 is 2.59 bits per heavy atom. The number of anilines is 1. The zero-order valence-corrected chi connectivity index (χ0v) is 13.5. The van der Waals surface area contributed by atoms with Crippen molar-refractivity contribution in [2.75, 3.05) is 32.2 Å². The second-order valence-corrected chi connectivity index (χ2v) is 5.73. The number of piperazine rings is 1. The van der Waals surface area contributed by atoms with Gasteiger partial charge in [0.15, 0.2) is 11.5 Å². The van der Waals surface area contributed by atoms with Crippen molar-refractivity contribution in [1.29, 1.82) is 0 Å². The molecule has 0 saturated carbocycles. The summed E-state index contributed by atoms with van der Waals surface area (Å²) >= 11 is 0. The van der Waals surface area contributed by atoms with Crippen molar-refractivity contribution in [1.82, 2.24) is 15.3 Å². The van der Waals surface area contributed by atoms with Crippen molar-refractivity contribution >= 4 is 16.7 Å². The molecule has 2 atom stereocenters. The van der Waals surface area contributed by atoms with Crippen molar-refractivity contribution < 1.29 is 9.47 Å². The van der Waals surface area contributed by atoms with Crippen molar-refractivity contribution in [2.24, 2.45) is 0 Å². The van der Waals surface area contributed by atoms with E-state index in [4.69, 9.17) is 9.47 Å². The van der Waals surface area contributed by atoms with E-state index >= 15 is 0 Å². The van der Waals surface area contributed by atoms with E-state index in [2.05, 4.69) is 34.0 Å². The Morgan fingerprint density at radius 1 is 1.14 bits per heavy atom. The highest BCUT2D eigenvalue weighted by atomic mass is 16.5. The van der Waals surface area contributed by atoms with E-state index in [9.17, 15) is 0 Å². The monoisotopic (exact) mass is 302 g/mol. The summed E-state index contributed by atoms with van der Waals surface area (Å²) < 4.78 is 10.8. The number of fused-ring (bicyclic) bond motifs is 1. The van der Waals surface area contributed by atoms with Gasteiger partial charge in [-0.1, -0.05) is 0 Å². The Hall–Kier alpha value is -2.08. The average Bonchev–Trinajstić information content (AvgIpc) is 2.55. The summed E-state index contributed by atoms with van der Waals surface area (Å²) in [5.41, 5.74) is 0.862. The molecule has 3 rings (SSSR count). The molecular formula is C16H22N4O2. The third kappa shape index (κ3) is 2.54. The highest BCUT2D eigenvalue weighted by Gasteiger charge is 2.25. The van der Waals surface area contributed by atoms with Crippen LogP contribution in [0.2, 0.25) is 0 Å². The van der Waals surface area contributed by atoms with E-state index in [1.54, 1.807) is 20.5 Å². The van der Waals surface area contributed by atoms with Gasteiger partial charge in [-0.3, -0.25) is 0 Å². The second kappa shape index (κ2) is 5.96. The van der Waals surface area contributed by atoms with Gasteiger partial charge in [0.25, 0.3) is 0 Å². The van der Waals surface area contributed by atoms with Gasteiger partial charge in [0.2, 0.25) is 0 Å². The molecule has 0 radical (unpaired) electrons. The molecule has 0 bridgehead atoms. The SMILES string of the molecule is COc1cc2ncnc(N3CC(C)NCC3C)c2cc1OC. The Bertz CT molecular complexity index is 676. The van der Waals surface area contributed by atoms with Crippen LogP contribution in [0, 0.1) is 0 Å². The molecule has 6 heteroatoms. The molecular weight excluding hydrogens is 280 g/mol. The molecule has 1 aromatic carbocycles. The molecule has 1 aliphatic heterocycles. The quantitative estimate of drug-likeness (QED) is 0.933. The molecule has 1 aromatic heterocycles. The minimum atomic E-state index is 0.377. The molecule has 0 spiro atoms. The summed E-state index contributed by atoms with van der Waals surface area (Å²) in [7, 11) is 3.27. The van der Waals surface area contributed by atoms with Gasteiger partial charge in [-0.15, -0.1) is 0 Å². The molecule has 1 aliphatic rings. The predicted octanol–water partition coefficient (Wildman–Crippen LogP) is 1.83. The number of nitrogens with one attached hydrogen (secondary N) is 1. The highest BCUT2D eigenvalue weighted by molar-refractivity contribution is 5.92. The Labute approximate surface area is 130 Å². The van der Waals surface area contributed by atoms with Crippen LogP contribution in [0.4, 0.5) is 5.82 Å². The van der Waals surface area contributed by atoms with Crippen LogP contribution in [0.3, 0.4) is 0 Å². The second-order valence-electron chi connectivity index (χ2n) is 5.73. The van der Waals surface area contributed by atoms with Crippen molar-refractivity contribution in [2.45, 2.75) is 25.9 Å². The van der Waals surface area contributed by atoms with E-state index in [-0.39, 0.29) is 0 Å². The zero-order chi connectivity index (χ0) is 15.7. The molecule has 2 heterocycles. The molecule has 1 N–H and O–H groups in total. The standard InChI is InChI=1S/C16H22N4O2/c1-10-8-20(11(2)7-17-10)16-12-5-14(21-3)15(22-4)6-13(12)18-9-19-16/h5-6,9-11,17H,7-8H2,1-4H3. The van der Waals surface area contributed by atoms with Crippen LogP contribution >= 0.6 is 0 Å². The van der Waals surface area contributed by atoms with Gasteiger partial charge in [0.05, 0.1) is 19.7 Å². The molecule has 1 saturated heterocycles. The molecule has 2 unspecified atom stereocenters. The third-order valence-electron chi connectivity index (χ3n) is 4.16. The summed E-state index contributed by atoms with van der Waals surface area (Å²) in [5, 5.41) is 4.48. The molecule has 22 heavy (non-hydrogen) atoms. The third-order valence-corrected chi connectivity index (χ3v) is 4.16. The molecule has 2 aromatic rings. The minimum absolute atomic E-state index is 0.377. The van der Waals surface area contributed by atoms with E-state index in [1.165, 1.54) is 0 Å². The van der Waals surface area contributed by atoms with Crippen LogP contribution in [-0.2, 0) is 0 Å². The number of nitrogens with zero attached hydrogens (tertiary/aromatic N) is 3. The normalized spacial score (nSPS) is 21.9. The topological polar surface area (TPSA) is 59.5 Å². The van der Waals surface area contributed by atoms with Gasteiger partial charge in [0, 0.05) is 36.6 Å². The maximum Gasteiger partial charge on any atom is 0.162 e. The molecule has 0 aliphatic carbocycles. The van der Waals surface area contributed by atoms with Crippen LogP contribution in [0.15, 0.2) is 18.5 Å². The Balaban J connectivity index is 2.13. The highest BCUT2D eigenvalue weighted by Crippen LogP contribution is 2.35. The summed E-state index contributed by atoms with van der Waals surface area (Å²) in [4.78, 5) is 11.2. The zero-order valence-electron chi connectivity index (χ0n) is 13.5. The van der Waals surface area contributed by atoms with Crippen molar-refractivity contribution in [3.63, 3.8) is 0 Å². The van der Waals surface area contributed by atoms with Gasteiger partial charge < -0.3 is 19.7 Å².